The van der Waals surface area contributed by atoms with Crippen LogP contribution in [0.25, 0.3) is 0 Å². The highest BCUT2D eigenvalue weighted by molar-refractivity contribution is 5.74. The minimum absolute atomic E-state index is 0.0668. The van der Waals surface area contributed by atoms with E-state index in [0.29, 0.717) is 12.0 Å². The summed E-state index contributed by atoms with van der Waals surface area (Å²) in [4.78, 5) is 11.6. The summed E-state index contributed by atoms with van der Waals surface area (Å²) in [6.07, 6.45) is 10.5. The van der Waals surface area contributed by atoms with Crippen molar-refractivity contribution in [2.45, 2.75) is 65.2 Å². The monoisotopic (exact) mass is 264 g/mol. The average Bonchev–Trinajstić information content (AvgIpc) is 3.32. The van der Waals surface area contributed by atoms with Crippen LogP contribution in [-0.4, -0.2) is 12.6 Å². The maximum absolute atomic E-state index is 11.6. The van der Waals surface area contributed by atoms with Crippen molar-refractivity contribution in [2.75, 3.05) is 6.61 Å². The van der Waals surface area contributed by atoms with Crippen LogP contribution in [0.5, 0.6) is 0 Å². The molecule has 3 atom stereocenters. The van der Waals surface area contributed by atoms with Gasteiger partial charge in [0, 0.05) is 5.41 Å². The molecule has 19 heavy (non-hydrogen) atoms. The largest absolute Gasteiger partial charge is 0.465 e. The van der Waals surface area contributed by atoms with Crippen LogP contribution in [0, 0.1) is 29.1 Å². The zero-order chi connectivity index (χ0) is 13.5. The van der Waals surface area contributed by atoms with Crippen LogP contribution in [-0.2, 0) is 9.53 Å². The second kappa shape index (κ2) is 5.10. The predicted molar refractivity (Wildman–Crippen MR) is 75.6 cm³/mol. The molecule has 3 fully saturated rings. The summed E-state index contributed by atoms with van der Waals surface area (Å²) in [6.45, 7) is 5.43. The van der Waals surface area contributed by atoms with Gasteiger partial charge in [0.25, 0.3) is 0 Å². The lowest BCUT2D eigenvalue weighted by Crippen LogP contribution is -2.22. The maximum Gasteiger partial charge on any atom is 0.308 e. The van der Waals surface area contributed by atoms with Gasteiger partial charge in [0.2, 0.25) is 0 Å². The first kappa shape index (κ1) is 13.5. The highest BCUT2D eigenvalue weighted by atomic mass is 16.5. The standard InChI is InChI=1S/C17H28O2/c1-12(13-6-4-3-5-7-13)15-10-17(15,2)11-19-16(18)14-8-9-14/h12-15H,3-11H2,1-2H3/t12-,15-,17-/m0/s1. The van der Waals surface area contributed by atoms with Crippen LogP contribution >= 0.6 is 0 Å². The van der Waals surface area contributed by atoms with E-state index in [-0.39, 0.29) is 11.9 Å². The third kappa shape index (κ3) is 2.98. The van der Waals surface area contributed by atoms with Crippen LogP contribution < -0.4 is 0 Å². The quantitative estimate of drug-likeness (QED) is 0.696. The molecule has 108 valence electrons. The molecule has 0 heterocycles. The van der Waals surface area contributed by atoms with Gasteiger partial charge in [-0.2, -0.15) is 0 Å². The molecule has 3 aliphatic rings. The molecule has 3 aliphatic carbocycles. The van der Waals surface area contributed by atoms with E-state index in [2.05, 4.69) is 13.8 Å². The molecule has 0 aromatic carbocycles. The highest BCUT2D eigenvalue weighted by Crippen LogP contribution is 2.59. The molecule has 0 aromatic rings. The van der Waals surface area contributed by atoms with Crippen molar-refractivity contribution in [3.63, 3.8) is 0 Å². The molecule has 2 heteroatoms. The molecule has 0 amide bonds. The summed E-state index contributed by atoms with van der Waals surface area (Å²) in [5.41, 5.74) is 0.293. The van der Waals surface area contributed by atoms with Crippen molar-refractivity contribution in [3.05, 3.63) is 0 Å². The Hall–Kier alpha value is -0.530. The summed E-state index contributed by atoms with van der Waals surface area (Å²) in [6, 6.07) is 0. The lowest BCUT2D eigenvalue weighted by molar-refractivity contribution is -0.147. The fourth-order valence-corrected chi connectivity index (χ4v) is 4.09. The second-order valence-electron chi connectivity index (χ2n) is 7.60. The van der Waals surface area contributed by atoms with Gasteiger partial charge in [0.1, 0.15) is 0 Å². The Balaban J connectivity index is 1.46. The Morgan fingerprint density at radius 2 is 1.89 bits per heavy atom. The van der Waals surface area contributed by atoms with Gasteiger partial charge >= 0.3 is 5.97 Å². The third-order valence-corrected chi connectivity index (χ3v) is 5.90. The highest BCUT2D eigenvalue weighted by Gasteiger charge is 2.54. The summed E-state index contributed by atoms with van der Waals surface area (Å²) in [5.74, 6) is 2.86. The molecule has 0 saturated heterocycles. The van der Waals surface area contributed by atoms with Gasteiger partial charge in [-0.15, -0.1) is 0 Å². The molecule has 0 aromatic heterocycles. The Morgan fingerprint density at radius 3 is 2.53 bits per heavy atom. The van der Waals surface area contributed by atoms with Crippen molar-refractivity contribution in [2.24, 2.45) is 29.1 Å². The van der Waals surface area contributed by atoms with Gasteiger partial charge in [-0.1, -0.05) is 46.0 Å². The first-order chi connectivity index (χ1) is 9.10. The molecule has 2 nitrogen and oxygen atoms in total. The van der Waals surface area contributed by atoms with E-state index in [1.54, 1.807) is 0 Å². The van der Waals surface area contributed by atoms with E-state index in [1.807, 2.05) is 0 Å². The summed E-state index contributed by atoms with van der Waals surface area (Å²) in [5, 5.41) is 0. The summed E-state index contributed by atoms with van der Waals surface area (Å²) < 4.78 is 5.52. The smallest absolute Gasteiger partial charge is 0.308 e. The molecular weight excluding hydrogens is 236 g/mol. The van der Waals surface area contributed by atoms with Crippen molar-refractivity contribution < 1.29 is 9.53 Å². The third-order valence-electron chi connectivity index (χ3n) is 5.90. The molecule has 0 N–H and O–H groups in total. The number of ether oxygens (including phenoxy) is 1. The van der Waals surface area contributed by atoms with Crippen LogP contribution in [0.3, 0.4) is 0 Å². The maximum atomic E-state index is 11.6. The topological polar surface area (TPSA) is 26.3 Å². The van der Waals surface area contributed by atoms with Gasteiger partial charge in [-0.25, -0.2) is 0 Å². The van der Waals surface area contributed by atoms with Crippen LogP contribution in [0.1, 0.15) is 65.2 Å². The van der Waals surface area contributed by atoms with Crippen LogP contribution in [0.4, 0.5) is 0 Å². The normalized spacial score (nSPS) is 36.8. The van der Waals surface area contributed by atoms with E-state index >= 15 is 0 Å². The second-order valence-corrected chi connectivity index (χ2v) is 7.60. The molecule has 0 unspecified atom stereocenters. The van der Waals surface area contributed by atoms with Gasteiger partial charge in [0.05, 0.1) is 12.5 Å². The predicted octanol–water partition coefficient (Wildman–Crippen LogP) is 4.18. The number of hydrogen-bond acceptors (Lipinski definition) is 2. The number of carbonyl (C=O) groups excluding carboxylic acids is 1. The zero-order valence-electron chi connectivity index (χ0n) is 12.5. The van der Waals surface area contributed by atoms with E-state index in [4.69, 9.17) is 4.74 Å². The molecule has 0 spiro atoms. The number of rotatable bonds is 5. The van der Waals surface area contributed by atoms with Gasteiger partial charge in [-0.05, 0) is 37.0 Å². The van der Waals surface area contributed by atoms with Crippen LogP contribution in [0.2, 0.25) is 0 Å². The first-order valence-electron chi connectivity index (χ1n) is 8.27. The van der Waals surface area contributed by atoms with E-state index in [1.165, 1.54) is 38.5 Å². The van der Waals surface area contributed by atoms with Gasteiger partial charge in [-0.3, -0.25) is 4.79 Å². The summed E-state index contributed by atoms with van der Waals surface area (Å²) in [7, 11) is 0. The molecule has 3 rings (SSSR count). The first-order valence-corrected chi connectivity index (χ1v) is 8.27. The van der Waals surface area contributed by atoms with E-state index in [0.717, 1.165) is 30.6 Å². The van der Waals surface area contributed by atoms with Crippen LogP contribution in [0.15, 0.2) is 0 Å². The Morgan fingerprint density at radius 1 is 1.21 bits per heavy atom. The van der Waals surface area contributed by atoms with E-state index < -0.39 is 0 Å². The Labute approximate surface area is 117 Å². The van der Waals surface area contributed by atoms with Crippen molar-refractivity contribution in [1.82, 2.24) is 0 Å². The minimum atomic E-state index is 0.0668. The molecule has 0 radical (unpaired) electrons. The zero-order valence-corrected chi connectivity index (χ0v) is 12.5. The van der Waals surface area contributed by atoms with Crippen molar-refractivity contribution in [1.29, 1.82) is 0 Å². The molecule has 0 aliphatic heterocycles. The fraction of sp³-hybridized carbons (Fsp3) is 0.941. The Kier molecular flexibility index (Phi) is 3.61. The number of carbonyl (C=O) groups is 1. The lowest BCUT2D eigenvalue weighted by Gasteiger charge is -2.29. The number of hydrogen-bond donors (Lipinski definition) is 0. The molecule has 3 saturated carbocycles. The lowest BCUT2D eigenvalue weighted by atomic mass is 9.77. The SMILES string of the molecule is C[C@@H](C1CCCCC1)[C@@H]1C[C@@]1(C)COC(=O)C1CC1. The number of esters is 1. The average molecular weight is 264 g/mol. The fourth-order valence-electron chi connectivity index (χ4n) is 4.09. The van der Waals surface area contributed by atoms with Crippen molar-refractivity contribution >= 4 is 5.97 Å². The van der Waals surface area contributed by atoms with Gasteiger partial charge in [0.15, 0.2) is 0 Å². The molecular formula is C17H28O2. The van der Waals surface area contributed by atoms with E-state index in [9.17, 15) is 4.79 Å². The minimum Gasteiger partial charge on any atom is -0.465 e. The van der Waals surface area contributed by atoms with Crippen molar-refractivity contribution in [3.8, 4) is 0 Å². The molecule has 0 bridgehead atoms. The van der Waals surface area contributed by atoms with Gasteiger partial charge < -0.3 is 4.74 Å². The summed E-state index contributed by atoms with van der Waals surface area (Å²) >= 11 is 0. The Bertz CT molecular complexity index is 341.